The molecule has 0 heterocycles. The predicted molar refractivity (Wildman–Crippen MR) is 99.8 cm³/mol. The Bertz CT molecular complexity index is 1170. The quantitative estimate of drug-likeness (QED) is 0.364. The minimum atomic E-state index is -5.02. The number of carbonyl (C=O) groups excluding carboxylic acids is 2. The third-order valence-corrected chi connectivity index (χ3v) is 4.85. The fraction of sp³-hybridized carbons (Fsp3) is 0.125. The maximum Gasteiger partial charge on any atom is 0.418 e. The monoisotopic (exact) mass is 481 g/mol. The number of nitro groups is 1. The van der Waals surface area contributed by atoms with Crippen LogP contribution < -0.4 is 10.5 Å². The van der Waals surface area contributed by atoms with Crippen LogP contribution in [0.1, 0.15) is 15.9 Å². The number of ether oxygens (including phenoxy) is 1. The molecule has 15 heteroatoms. The zero-order chi connectivity index (χ0) is 23.6. The Labute approximate surface area is 176 Å². The first-order valence-electron chi connectivity index (χ1n) is 7.85. The summed E-state index contributed by atoms with van der Waals surface area (Å²) < 4.78 is 66.7. The van der Waals surface area contributed by atoms with Crippen LogP contribution in [0, 0.1) is 10.1 Å². The van der Waals surface area contributed by atoms with Crippen molar-refractivity contribution in [2.45, 2.75) is 11.1 Å². The summed E-state index contributed by atoms with van der Waals surface area (Å²) in [7, 11) is -4.18. The number of hydrogen-bond donors (Lipinski definition) is 2. The van der Waals surface area contributed by atoms with Crippen molar-refractivity contribution in [1.29, 1.82) is 0 Å². The second kappa shape index (κ2) is 8.87. The summed E-state index contributed by atoms with van der Waals surface area (Å²) in [6.07, 6.45) is -5.02. The fourth-order valence-electron chi connectivity index (χ4n) is 2.22. The van der Waals surface area contributed by atoms with Crippen LogP contribution in [0.2, 0.25) is 5.02 Å². The fourth-order valence-corrected chi connectivity index (χ4v) is 2.96. The number of hydrogen-bond acceptors (Lipinski definition) is 7. The molecule has 166 valence electrons. The second-order valence-electron chi connectivity index (χ2n) is 5.80. The molecular weight excluding hydrogens is 471 g/mol. The predicted octanol–water partition coefficient (Wildman–Crippen LogP) is 2.71. The minimum absolute atomic E-state index is 0.229. The van der Waals surface area contributed by atoms with Crippen LogP contribution in [-0.4, -0.2) is 31.8 Å². The molecule has 2 aromatic carbocycles. The Morgan fingerprint density at radius 2 is 1.84 bits per heavy atom. The van der Waals surface area contributed by atoms with Crippen molar-refractivity contribution < 1.29 is 40.8 Å². The van der Waals surface area contributed by atoms with Crippen molar-refractivity contribution in [3.05, 3.63) is 62.7 Å². The third kappa shape index (κ3) is 6.13. The number of nitrogens with two attached hydrogens (primary N) is 1. The van der Waals surface area contributed by atoms with E-state index in [1.165, 1.54) is 0 Å². The number of halogens is 4. The lowest BCUT2D eigenvalue weighted by atomic mass is 10.1. The molecule has 0 aliphatic heterocycles. The lowest BCUT2D eigenvalue weighted by Crippen LogP contribution is -2.23. The molecule has 0 radical (unpaired) electrons. The number of sulfonamides is 1. The molecule has 2 rings (SSSR count). The smallest absolute Gasteiger partial charge is 0.418 e. The molecule has 10 nitrogen and oxygen atoms in total. The number of amides is 1. The van der Waals surface area contributed by atoms with Gasteiger partial charge in [-0.05, 0) is 24.3 Å². The normalized spacial score (nSPS) is 11.6. The number of nitrogens with one attached hydrogen (secondary N) is 1. The number of esters is 1. The lowest BCUT2D eigenvalue weighted by Gasteiger charge is -2.14. The average molecular weight is 482 g/mol. The molecule has 0 saturated heterocycles. The highest BCUT2D eigenvalue weighted by Gasteiger charge is 2.35. The highest BCUT2D eigenvalue weighted by molar-refractivity contribution is 7.89. The molecule has 0 fully saturated rings. The van der Waals surface area contributed by atoms with E-state index in [2.05, 4.69) is 4.74 Å². The molecule has 1 amide bonds. The van der Waals surface area contributed by atoms with Crippen LogP contribution in [0.25, 0.3) is 0 Å². The summed E-state index contributed by atoms with van der Waals surface area (Å²) in [6.45, 7) is -1.07. The zero-order valence-corrected chi connectivity index (χ0v) is 16.5. The van der Waals surface area contributed by atoms with E-state index < -0.39 is 67.0 Å². The molecule has 31 heavy (non-hydrogen) atoms. The molecule has 0 aliphatic carbocycles. The van der Waals surface area contributed by atoms with Crippen molar-refractivity contribution in [1.82, 2.24) is 0 Å². The topological polar surface area (TPSA) is 159 Å². The molecule has 0 atom stereocenters. The van der Waals surface area contributed by atoms with E-state index >= 15 is 0 Å². The van der Waals surface area contributed by atoms with Crippen LogP contribution >= 0.6 is 11.6 Å². The SMILES string of the molecule is NS(=O)(=O)c1ccc(Cl)c(C(=O)OCC(=O)Nc2ccc([N+](=O)[O-])cc2C(F)(F)F)c1. The largest absolute Gasteiger partial charge is 0.452 e. The van der Waals surface area contributed by atoms with Gasteiger partial charge in [0.15, 0.2) is 6.61 Å². The zero-order valence-electron chi connectivity index (χ0n) is 15.0. The summed E-state index contributed by atoms with van der Waals surface area (Å²) in [5.41, 5.74) is -3.58. The number of nitrogens with zero attached hydrogens (tertiary/aromatic N) is 1. The van der Waals surface area contributed by atoms with Crippen molar-refractivity contribution in [3.8, 4) is 0 Å². The number of anilines is 1. The van der Waals surface area contributed by atoms with Crippen molar-refractivity contribution in [2.75, 3.05) is 11.9 Å². The summed E-state index contributed by atoms with van der Waals surface area (Å²) in [5, 5.41) is 17.2. The van der Waals surface area contributed by atoms with E-state index in [1.807, 2.05) is 5.32 Å². The van der Waals surface area contributed by atoms with Gasteiger partial charge in [0.25, 0.3) is 11.6 Å². The van der Waals surface area contributed by atoms with Crippen molar-refractivity contribution in [2.24, 2.45) is 5.14 Å². The van der Waals surface area contributed by atoms with Gasteiger partial charge < -0.3 is 10.1 Å². The van der Waals surface area contributed by atoms with Crippen LogP contribution in [-0.2, 0) is 25.7 Å². The number of non-ortho nitro benzene ring substituents is 1. The molecule has 0 unspecified atom stereocenters. The van der Waals surface area contributed by atoms with Gasteiger partial charge in [0.1, 0.15) is 0 Å². The number of carbonyl (C=O) groups is 2. The van der Waals surface area contributed by atoms with E-state index in [0.717, 1.165) is 24.3 Å². The van der Waals surface area contributed by atoms with Gasteiger partial charge in [-0.15, -0.1) is 0 Å². The number of nitro benzene ring substituents is 1. The summed E-state index contributed by atoms with van der Waals surface area (Å²) in [4.78, 5) is 33.2. The van der Waals surface area contributed by atoms with Crippen LogP contribution in [0.5, 0.6) is 0 Å². The number of alkyl halides is 3. The molecule has 2 aromatic rings. The highest BCUT2D eigenvalue weighted by atomic mass is 35.5. The molecular formula is C16H11ClF3N3O7S. The summed E-state index contributed by atoms with van der Waals surface area (Å²) in [5.74, 6) is -2.45. The Hall–Kier alpha value is -3.23. The van der Waals surface area contributed by atoms with Gasteiger partial charge in [-0.1, -0.05) is 11.6 Å². The van der Waals surface area contributed by atoms with E-state index in [-0.39, 0.29) is 11.1 Å². The lowest BCUT2D eigenvalue weighted by molar-refractivity contribution is -0.385. The van der Waals surface area contributed by atoms with E-state index in [1.54, 1.807) is 0 Å². The van der Waals surface area contributed by atoms with Gasteiger partial charge in [-0.2, -0.15) is 13.2 Å². The molecule has 0 saturated carbocycles. The van der Waals surface area contributed by atoms with E-state index in [0.29, 0.717) is 6.07 Å². The first-order valence-corrected chi connectivity index (χ1v) is 9.77. The molecule has 0 aromatic heterocycles. The van der Waals surface area contributed by atoms with Gasteiger partial charge in [0.05, 0.1) is 31.7 Å². The van der Waals surface area contributed by atoms with Crippen molar-refractivity contribution >= 4 is 44.9 Å². The van der Waals surface area contributed by atoms with Gasteiger partial charge in [0.2, 0.25) is 10.0 Å². The van der Waals surface area contributed by atoms with Crippen LogP contribution in [0.3, 0.4) is 0 Å². The Morgan fingerprint density at radius 3 is 2.39 bits per heavy atom. The van der Waals surface area contributed by atoms with Gasteiger partial charge in [-0.25, -0.2) is 18.4 Å². The van der Waals surface area contributed by atoms with Crippen LogP contribution in [0.15, 0.2) is 41.3 Å². The minimum Gasteiger partial charge on any atom is -0.452 e. The van der Waals surface area contributed by atoms with Gasteiger partial charge in [-0.3, -0.25) is 14.9 Å². The van der Waals surface area contributed by atoms with Crippen molar-refractivity contribution in [3.63, 3.8) is 0 Å². The molecule has 0 aliphatic rings. The highest BCUT2D eigenvalue weighted by Crippen LogP contribution is 2.37. The standard InChI is InChI=1S/C16H11ClF3N3O7S/c17-12-3-2-9(31(21,28)29)6-10(12)15(25)30-7-14(24)22-13-4-1-8(23(26)27)5-11(13)16(18,19)20/h1-6H,7H2,(H,22,24)(H2,21,28,29). The second-order valence-corrected chi connectivity index (χ2v) is 7.76. The van der Waals surface area contributed by atoms with Gasteiger partial charge in [0, 0.05) is 12.1 Å². The maximum atomic E-state index is 13.1. The number of benzene rings is 2. The first kappa shape index (κ1) is 24.0. The van der Waals surface area contributed by atoms with E-state index in [4.69, 9.17) is 16.7 Å². The van der Waals surface area contributed by atoms with E-state index in [9.17, 15) is 41.3 Å². The first-order chi connectivity index (χ1) is 14.2. The number of primary sulfonamides is 1. The average Bonchev–Trinajstić information content (AvgIpc) is 2.64. The third-order valence-electron chi connectivity index (χ3n) is 3.61. The summed E-state index contributed by atoms with van der Waals surface area (Å²) in [6, 6.07) is 4.53. The van der Waals surface area contributed by atoms with Crippen LogP contribution in [0.4, 0.5) is 24.5 Å². The summed E-state index contributed by atoms with van der Waals surface area (Å²) >= 11 is 5.78. The Morgan fingerprint density at radius 1 is 1.19 bits per heavy atom. The Balaban J connectivity index is 2.16. The number of rotatable bonds is 6. The molecule has 3 N–H and O–H groups in total. The molecule has 0 spiro atoms. The Kier molecular flexibility index (Phi) is 6.88. The van der Waals surface area contributed by atoms with Gasteiger partial charge >= 0.3 is 12.1 Å². The maximum absolute atomic E-state index is 13.1. The molecule has 0 bridgehead atoms.